The maximum absolute atomic E-state index is 12.7. The number of benzene rings is 1. The van der Waals surface area contributed by atoms with Crippen molar-refractivity contribution in [1.82, 2.24) is 15.1 Å². The van der Waals surface area contributed by atoms with Crippen molar-refractivity contribution in [2.24, 2.45) is 5.92 Å². The average molecular weight is 357 g/mol. The first-order chi connectivity index (χ1) is 12.5. The van der Waals surface area contributed by atoms with E-state index in [0.29, 0.717) is 37.9 Å². The van der Waals surface area contributed by atoms with Crippen LogP contribution in [0.15, 0.2) is 30.3 Å². The Kier molecular flexibility index (Phi) is 5.93. The van der Waals surface area contributed by atoms with Crippen LogP contribution in [-0.2, 0) is 4.74 Å². The first-order valence-electron chi connectivity index (χ1n) is 9.22. The topological polar surface area (TPSA) is 67.4 Å². The van der Waals surface area contributed by atoms with Crippen molar-refractivity contribution < 1.29 is 14.3 Å². The highest BCUT2D eigenvalue weighted by molar-refractivity contribution is 5.93. The molecule has 0 aliphatic carbocycles. The molecular formula is C20H27N3O3. The molecule has 2 heterocycles. The third-order valence-electron chi connectivity index (χ3n) is 4.28. The largest absolute Gasteiger partial charge is 0.493 e. The molecule has 0 bridgehead atoms. The number of H-pyrrole nitrogens is 1. The number of aromatic amines is 1. The molecule has 0 saturated carbocycles. The number of nitrogens with one attached hydrogen (secondary N) is 1. The highest BCUT2D eigenvalue weighted by Crippen LogP contribution is 2.22. The van der Waals surface area contributed by atoms with E-state index in [9.17, 15) is 4.79 Å². The van der Waals surface area contributed by atoms with Crippen LogP contribution in [0.2, 0.25) is 0 Å². The second kappa shape index (κ2) is 8.36. The Morgan fingerprint density at radius 1 is 1.38 bits per heavy atom. The quantitative estimate of drug-likeness (QED) is 0.891. The molecule has 6 heteroatoms. The molecule has 1 fully saturated rings. The van der Waals surface area contributed by atoms with E-state index in [1.165, 1.54) is 0 Å². The molecule has 1 aromatic carbocycles. The summed E-state index contributed by atoms with van der Waals surface area (Å²) in [6.07, 6.45) is 0.914. The van der Waals surface area contributed by atoms with E-state index in [1.807, 2.05) is 42.2 Å². The zero-order chi connectivity index (χ0) is 18.5. The summed E-state index contributed by atoms with van der Waals surface area (Å²) in [5.41, 5.74) is 2.21. The number of carbonyl (C=O) groups is 1. The van der Waals surface area contributed by atoms with Gasteiger partial charge in [0.2, 0.25) is 0 Å². The maximum atomic E-state index is 12.7. The lowest BCUT2D eigenvalue weighted by Crippen LogP contribution is -2.36. The minimum absolute atomic E-state index is 0.0296. The van der Waals surface area contributed by atoms with Crippen molar-refractivity contribution >= 4 is 5.91 Å². The van der Waals surface area contributed by atoms with E-state index < -0.39 is 0 Å². The first-order valence-corrected chi connectivity index (χ1v) is 9.22. The summed E-state index contributed by atoms with van der Waals surface area (Å²) in [5, 5.41) is 7.18. The summed E-state index contributed by atoms with van der Waals surface area (Å²) >= 11 is 0. The Balaban J connectivity index is 1.68. The Labute approximate surface area is 154 Å². The molecule has 1 aliphatic heterocycles. The van der Waals surface area contributed by atoms with E-state index in [-0.39, 0.29) is 12.0 Å². The van der Waals surface area contributed by atoms with Gasteiger partial charge in [-0.25, -0.2) is 0 Å². The molecule has 1 amide bonds. The molecule has 1 atom stereocenters. The van der Waals surface area contributed by atoms with Gasteiger partial charge in [-0.3, -0.25) is 9.89 Å². The number of ether oxygens (including phenoxy) is 2. The molecule has 0 spiro atoms. The zero-order valence-electron chi connectivity index (χ0n) is 15.7. The highest BCUT2D eigenvalue weighted by atomic mass is 16.5. The molecule has 6 nitrogen and oxygen atoms in total. The molecular weight excluding hydrogens is 330 g/mol. The lowest BCUT2D eigenvalue weighted by Gasteiger charge is -2.21. The van der Waals surface area contributed by atoms with Crippen molar-refractivity contribution in [3.05, 3.63) is 36.0 Å². The monoisotopic (exact) mass is 357 g/mol. The predicted octanol–water partition coefficient (Wildman–Crippen LogP) is 3.36. The normalized spacial score (nSPS) is 18.0. The zero-order valence-corrected chi connectivity index (χ0v) is 15.7. The van der Waals surface area contributed by atoms with Crippen LogP contribution in [0.3, 0.4) is 0 Å². The number of aromatic nitrogens is 2. The smallest absolute Gasteiger partial charge is 0.271 e. The standard InChI is InChI=1S/C20H27N3O3/c1-14(2)13-26-17-7-5-16(6-8-17)18-11-19(22-21-18)20(24)23-9-4-10-25-15(3)12-23/h5-8,11,14-15H,4,9-10,12-13H2,1-3H3,(H,21,22)/t15-/m0/s1. The van der Waals surface area contributed by atoms with Gasteiger partial charge in [-0.2, -0.15) is 5.10 Å². The fourth-order valence-corrected chi connectivity index (χ4v) is 2.91. The summed E-state index contributed by atoms with van der Waals surface area (Å²) in [7, 11) is 0. The minimum atomic E-state index is -0.0296. The number of amides is 1. The van der Waals surface area contributed by atoms with Crippen molar-refractivity contribution in [3.8, 4) is 17.0 Å². The SMILES string of the molecule is CC(C)COc1ccc(-c2cc(C(=O)N3CCCO[C@@H](C)C3)[nH]n2)cc1. The van der Waals surface area contributed by atoms with Gasteiger partial charge >= 0.3 is 0 Å². The highest BCUT2D eigenvalue weighted by Gasteiger charge is 2.22. The number of rotatable bonds is 5. The van der Waals surface area contributed by atoms with Gasteiger partial charge in [0.05, 0.1) is 18.4 Å². The second-order valence-corrected chi connectivity index (χ2v) is 7.18. The Bertz CT molecular complexity index is 724. The van der Waals surface area contributed by atoms with E-state index in [0.717, 1.165) is 23.4 Å². The molecule has 140 valence electrons. The predicted molar refractivity (Wildman–Crippen MR) is 100 cm³/mol. The molecule has 1 saturated heterocycles. The second-order valence-electron chi connectivity index (χ2n) is 7.18. The summed E-state index contributed by atoms with van der Waals surface area (Å²) < 4.78 is 11.3. The maximum Gasteiger partial charge on any atom is 0.271 e. The number of hydrogen-bond donors (Lipinski definition) is 1. The Morgan fingerprint density at radius 2 is 2.15 bits per heavy atom. The number of hydrogen-bond acceptors (Lipinski definition) is 4. The Morgan fingerprint density at radius 3 is 2.88 bits per heavy atom. The van der Waals surface area contributed by atoms with E-state index in [2.05, 4.69) is 24.0 Å². The van der Waals surface area contributed by atoms with Crippen molar-refractivity contribution in [3.63, 3.8) is 0 Å². The fraction of sp³-hybridized carbons (Fsp3) is 0.500. The van der Waals surface area contributed by atoms with E-state index >= 15 is 0 Å². The van der Waals surface area contributed by atoms with Gasteiger partial charge < -0.3 is 14.4 Å². The van der Waals surface area contributed by atoms with Crippen LogP contribution >= 0.6 is 0 Å². The number of carbonyl (C=O) groups excluding carboxylic acids is 1. The summed E-state index contributed by atoms with van der Waals surface area (Å²) in [5.74, 6) is 1.30. The molecule has 1 aliphatic rings. The fourth-order valence-electron chi connectivity index (χ4n) is 2.91. The third-order valence-corrected chi connectivity index (χ3v) is 4.28. The third kappa shape index (κ3) is 4.64. The van der Waals surface area contributed by atoms with Crippen LogP contribution in [0.25, 0.3) is 11.3 Å². The molecule has 2 aromatic rings. The molecule has 0 radical (unpaired) electrons. The van der Waals surface area contributed by atoms with Crippen LogP contribution in [0.1, 0.15) is 37.7 Å². The van der Waals surface area contributed by atoms with Gasteiger partial charge in [0.15, 0.2) is 0 Å². The van der Waals surface area contributed by atoms with Crippen LogP contribution in [0.4, 0.5) is 0 Å². The van der Waals surface area contributed by atoms with Crippen LogP contribution in [0.5, 0.6) is 5.75 Å². The van der Waals surface area contributed by atoms with Crippen LogP contribution < -0.4 is 4.74 Å². The lowest BCUT2D eigenvalue weighted by atomic mass is 10.1. The molecule has 3 rings (SSSR count). The Hall–Kier alpha value is -2.34. The van der Waals surface area contributed by atoms with Gasteiger partial charge in [0.1, 0.15) is 11.4 Å². The van der Waals surface area contributed by atoms with Gasteiger partial charge in [-0.1, -0.05) is 13.8 Å². The first kappa shape index (κ1) is 18.5. The molecule has 1 N–H and O–H groups in total. The van der Waals surface area contributed by atoms with Gasteiger partial charge in [0.25, 0.3) is 5.91 Å². The summed E-state index contributed by atoms with van der Waals surface area (Å²) in [6, 6.07) is 9.59. The van der Waals surface area contributed by atoms with Crippen LogP contribution in [-0.4, -0.2) is 53.4 Å². The lowest BCUT2D eigenvalue weighted by molar-refractivity contribution is 0.0559. The van der Waals surface area contributed by atoms with Gasteiger partial charge in [-0.15, -0.1) is 0 Å². The van der Waals surface area contributed by atoms with E-state index in [1.54, 1.807) is 0 Å². The van der Waals surface area contributed by atoms with Crippen molar-refractivity contribution in [2.75, 3.05) is 26.3 Å². The van der Waals surface area contributed by atoms with Crippen molar-refractivity contribution in [1.29, 1.82) is 0 Å². The van der Waals surface area contributed by atoms with Gasteiger partial charge in [0, 0.05) is 25.3 Å². The molecule has 0 unspecified atom stereocenters. The summed E-state index contributed by atoms with van der Waals surface area (Å²) in [4.78, 5) is 14.6. The molecule has 1 aromatic heterocycles. The van der Waals surface area contributed by atoms with Crippen molar-refractivity contribution in [2.45, 2.75) is 33.3 Å². The average Bonchev–Trinajstić information content (AvgIpc) is 3.02. The number of nitrogens with zero attached hydrogens (tertiary/aromatic N) is 2. The van der Waals surface area contributed by atoms with Crippen LogP contribution in [0, 0.1) is 5.92 Å². The minimum Gasteiger partial charge on any atom is -0.493 e. The van der Waals surface area contributed by atoms with E-state index in [4.69, 9.17) is 9.47 Å². The summed E-state index contributed by atoms with van der Waals surface area (Å²) in [6.45, 7) is 8.94. The molecule has 26 heavy (non-hydrogen) atoms. The van der Waals surface area contributed by atoms with Gasteiger partial charge in [-0.05, 0) is 49.6 Å².